The predicted octanol–water partition coefficient (Wildman–Crippen LogP) is 4.95. The van der Waals surface area contributed by atoms with Crippen molar-refractivity contribution < 1.29 is 9.47 Å². The molecule has 21 heavy (non-hydrogen) atoms. The van der Waals surface area contributed by atoms with Crippen LogP contribution in [0.15, 0.2) is 34.9 Å². The van der Waals surface area contributed by atoms with Crippen LogP contribution in [0.5, 0.6) is 17.4 Å². The zero-order valence-electron chi connectivity index (χ0n) is 11.4. The summed E-state index contributed by atoms with van der Waals surface area (Å²) in [5, 5.41) is 9.21. The molecule has 0 amide bonds. The smallest absolute Gasteiger partial charge is 0.233 e. The van der Waals surface area contributed by atoms with E-state index in [9.17, 15) is 0 Å². The van der Waals surface area contributed by atoms with Gasteiger partial charge < -0.3 is 9.47 Å². The Morgan fingerprint density at radius 2 is 2.10 bits per heavy atom. The highest BCUT2D eigenvalue weighted by molar-refractivity contribution is 9.10. The average Bonchev–Trinajstić information content (AvgIpc) is 2.43. The van der Waals surface area contributed by atoms with E-state index in [0.717, 1.165) is 0 Å². The molecule has 0 saturated carbocycles. The molecule has 6 heteroatoms. The highest BCUT2D eigenvalue weighted by Gasteiger charge is 2.09. The lowest BCUT2D eigenvalue weighted by atomic mass is 10.2. The molecule has 0 spiro atoms. The summed E-state index contributed by atoms with van der Waals surface area (Å²) in [7, 11) is 0. The Hall–Kier alpha value is -1.77. The first-order chi connectivity index (χ1) is 9.99. The van der Waals surface area contributed by atoms with E-state index in [4.69, 9.17) is 26.3 Å². The molecular weight excluding hydrogens is 356 g/mol. The first-order valence-corrected chi connectivity index (χ1v) is 7.36. The van der Waals surface area contributed by atoms with Crippen molar-refractivity contribution in [3.8, 4) is 23.4 Å². The Labute approximate surface area is 136 Å². The van der Waals surface area contributed by atoms with Crippen molar-refractivity contribution in [2.45, 2.75) is 20.0 Å². The van der Waals surface area contributed by atoms with Crippen LogP contribution < -0.4 is 9.47 Å². The first-order valence-electron chi connectivity index (χ1n) is 6.19. The minimum Gasteiger partial charge on any atom is -0.474 e. The van der Waals surface area contributed by atoms with E-state index >= 15 is 0 Å². The minimum atomic E-state index is -0.00515. The van der Waals surface area contributed by atoms with E-state index in [0.29, 0.717) is 32.4 Å². The number of halogens is 2. The number of aromatic nitrogens is 1. The third-order valence-corrected chi connectivity index (χ3v) is 3.31. The molecular formula is C15H12BrClN2O2. The second-order valence-electron chi connectivity index (χ2n) is 4.48. The zero-order chi connectivity index (χ0) is 15.4. The van der Waals surface area contributed by atoms with E-state index < -0.39 is 0 Å². The standard InChI is InChI=1S/C15H12BrClN2O2/c1-9(2)20-15-13(17)6-11(8-19-15)21-14-4-3-10(7-18)5-12(14)16/h3-6,8-9H,1-2H3. The van der Waals surface area contributed by atoms with Gasteiger partial charge in [0.1, 0.15) is 16.5 Å². The van der Waals surface area contributed by atoms with Gasteiger partial charge in [-0.15, -0.1) is 0 Å². The van der Waals surface area contributed by atoms with E-state index in [2.05, 4.69) is 27.0 Å². The molecule has 0 aliphatic carbocycles. The number of rotatable bonds is 4. The molecule has 0 atom stereocenters. The molecule has 1 aromatic heterocycles. The third-order valence-electron chi connectivity index (χ3n) is 2.42. The second-order valence-corrected chi connectivity index (χ2v) is 5.75. The number of nitrogens with zero attached hydrogens (tertiary/aromatic N) is 2. The molecule has 2 rings (SSSR count). The van der Waals surface area contributed by atoms with Crippen LogP contribution in [0.4, 0.5) is 0 Å². The van der Waals surface area contributed by atoms with E-state index in [1.165, 1.54) is 6.20 Å². The van der Waals surface area contributed by atoms with Gasteiger partial charge in [-0.1, -0.05) is 11.6 Å². The fraction of sp³-hybridized carbons (Fsp3) is 0.200. The molecule has 2 aromatic rings. The molecule has 1 aromatic carbocycles. The number of hydrogen-bond acceptors (Lipinski definition) is 4. The van der Waals surface area contributed by atoms with Crippen LogP contribution in [0.1, 0.15) is 19.4 Å². The quantitative estimate of drug-likeness (QED) is 0.767. The molecule has 0 unspecified atom stereocenters. The fourth-order valence-corrected chi connectivity index (χ4v) is 2.21. The van der Waals surface area contributed by atoms with Gasteiger partial charge in [0.15, 0.2) is 0 Å². The van der Waals surface area contributed by atoms with Gasteiger partial charge in [-0.2, -0.15) is 5.26 Å². The normalized spacial score (nSPS) is 10.3. The van der Waals surface area contributed by atoms with Crippen LogP contribution in [0.25, 0.3) is 0 Å². The molecule has 0 bridgehead atoms. The number of hydrogen-bond donors (Lipinski definition) is 0. The van der Waals surface area contributed by atoms with Crippen molar-refractivity contribution in [1.29, 1.82) is 5.26 Å². The lowest BCUT2D eigenvalue weighted by Gasteiger charge is -2.12. The summed E-state index contributed by atoms with van der Waals surface area (Å²) in [5.74, 6) is 1.43. The number of pyridine rings is 1. The van der Waals surface area contributed by atoms with E-state index in [1.807, 2.05) is 13.8 Å². The van der Waals surface area contributed by atoms with Crippen molar-refractivity contribution >= 4 is 27.5 Å². The van der Waals surface area contributed by atoms with Gasteiger partial charge in [0, 0.05) is 6.07 Å². The topological polar surface area (TPSA) is 55.1 Å². The second kappa shape index (κ2) is 6.79. The molecule has 0 aliphatic rings. The van der Waals surface area contributed by atoms with Crippen LogP contribution in [0, 0.1) is 11.3 Å². The van der Waals surface area contributed by atoms with Crippen molar-refractivity contribution in [3.05, 3.63) is 45.5 Å². The predicted molar refractivity (Wildman–Crippen MR) is 83.9 cm³/mol. The number of ether oxygens (including phenoxy) is 2. The van der Waals surface area contributed by atoms with Crippen molar-refractivity contribution in [1.82, 2.24) is 4.98 Å². The molecule has 0 aliphatic heterocycles. The van der Waals surface area contributed by atoms with Gasteiger partial charge in [-0.25, -0.2) is 4.98 Å². The highest BCUT2D eigenvalue weighted by Crippen LogP contribution is 2.33. The molecule has 108 valence electrons. The van der Waals surface area contributed by atoms with Gasteiger partial charge in [0.25, 0.3) is 0 Å². The van der Waals surface area contributed by atoms with Crippen LogP contribution in [0.2, 0.25) is 5.02 Å². The maximum Gasteiger partial charge on any atom is 0.233 e. The van der Waals surface area contributed by atoms with Crippen molar-refractivity contribution in [2.24, 2.45) is 0 Å². The first kappa shape index (κ1) is 15.6. The maximum absolute atomic E-state index is 8.83. The van der Waals surface area contributed by atoms with E-state index in [-0.39, 0.29) is 6.10 Å². The summed E-state index contributed by atoms with van der Waals surface area (Å²) in [4.78, 5) is 4.13. The van der Waals surface area contributed by atoms with Crippen LogP contribution in [-0.4, -0.2) is 11.1 Å². The molecule has 0 saturated heterocycles. The van der Waals surface area contributed by atoms with Crippen molar-refractivity contribution in [2.75, 3.05) is 0 Å². The Bertz CT molecular complexity index is 699. The summed E-state index contributed by atoms with van der Waals surface area (Å²) in [5.41, 5.74) is 0.547. The zero-order valence-corrected chi connectivity index (χ0v) is 13.8. The summed E-state index contributed by atoms with van der Waals surface area (Å²) in [6.45, 7) is 3.80. The SMILES string of the molecule is CC(C)Oc1ncc(Oc2ccc(C#N)cc2Br)cc1Cl. The number of benzene rings is 1. The molecule has 0 N–H and O–H groups in total. The Morgan fingerprint density at radius 1 is 1.33 bits per heavy atom. The molecule has 4 nitrogen and oxygen atoms in total. The highest BCUT2D eigenvalue weighted by atomic mass is 79.9. The van der Waals surface area contributed by atoms with E-state index in [1.54, 1.807) is 24.3 Å². The summed E-state index contributed by atoms with van der Waals surface area (Å²) in [6, 6.07) is 8.75. The van der Waals surface area contributed by atoms with Gasteiger partial charge in [0.2, 0.25) is 5.88 Å². The Balaban J connectivity index is 2.21. The number of nitriles is 1. The summed E-state index contributed by atoms with van der Waals surface area (Å²) >= 11 is 9.46. The third kappa shape index (κ3) is 4.10. The van der Waals surface area contributed by atoms with Gasteiger partial charge in [-0.05, 0) is 48.0 Å². The largest absolute Gasteiger partial charge is 0.474 e. The fourth-order valence-electron chi connectivity index (χ4n) is 1.55. The maximum atomic E-state index is 8.83. The molecule has 1 heterocycles. The summed E-state index contributed by atoms with van der Waals surface area (Å²) in [6.07, 6.45) is 1.53. The average molecular weight is 368 g/mol. The van der Waals surface area contributed by atoms with Crippen molar-refractivity contribution in [3.63, 3.8) is 0 Å². The van der Waals surface area contributed by atoms with Crippen LogP contribution >= 0.6 is 27.5 Å². The lowest BCUT2D eigenvalue weighted by molar-refractivity contribution is 0.232. The van der Waals surface area contributed by atoms with Crippen LogP contribution in [-0.2, 0) is 0 Å². The summed E-state index contributed by atoms with van der Waals surface area (Å²) < 4.78 is 11.8. The lowest BCUT2D eigenvalue weighted by Crippen LogP contribution is -2.07. The molecule has 0 fully saturated rings. The van der Waals surface area contributed by atoms with Gasteiger partial charge in [0.05, 0.1) is 28.4 Å². The Kier molecular flexibility index (Phi) is 5.05. The molecule has 0 radical (unpaired) electrons. The monoisotopic (exact) mass is 366 g/mol. The van der Waals surface area contributed by atoms with Gasteiger partial charge in [-0.3, -0.25) is 0 Å². The van der Waals surface area contributed by atoms with Crippen LogP contribution in [0.3, 0.4) is 0 Å². The Morgan fingerprint density at radius 3 is 2.67 bits per heavy atom. The van der Waals surface area contributed by atoms with Gasteiger partial charge >= 0.3 is 0 Å². The minimum absolute atomic E-state index is 0.00515.